The summed E-state index contributed by atoms with van der Waals surface area (Å²) in [5, 5.41) is 13.1. The molecule has 0 amide bonds. The maximum atomic E-state index is 9.83. The summed E-state index contributed by atoms with van der Waals surface area (Å²) in [4.78, 5) is 0. The van der Waals surface area contributed by atoms with E-state index in [1.165, 1.54) is 18.4 Å². The number of hydrogen-bond acceptors (Lipinski definition) is 3. The van der Waals surface area contributed by atoms with Crippen molar-refractivity contribution in [3.63, 3.8) is 0 Å². The Bertz CT molecular complexity index is 343. The van der Waals surface area contributed by atoms with Crippen molar-refractivity contribution in [2.24, 2.45) is 0 Å². The second-order valence-electron chi connectivity index (χ2n) is 4.98. The van der Waals surface area contributed by atoms with Gasteiger partial charge in [0, 0.05) is 12.6 Å². The highest BCUT2D eigenvalue weighted by Gasteiger charge is 2.21. The van der Waals surface area contributed by atoms with Gasteiger partial charge in [0.1, 0.15) is 0 Å². The van der Waals surface area contributed by atoms with Gasteiger partial charge in [-0.1, -0.05) is 37.3 Å². The van der Waals surface area contributed by atoms with Crippen LogP contribution in [-0.2, 0) is 4.74 Å². The third kappa shape index (κ3) is 5.91. The minimum absolute atomic E-state index is 0. The van der Waals surface area contributed by atoms with Crippen molar-refractivity contribution < 1.29 is 9.84 Å². The minimum Gasteiger partial charge on any atom is -0.389 e. The third-order valence-corrected chi connectivity index (χ3v) is 3.25. The number of hydrogen-bond donors (Lipinski definition) is 2. The van der Waals surface area contributed by atoms with Crippen LogP contribution in [-0.4, -0.2) is 30.4 Å². The van der Waals surface area contributed by atoms with Crippen LogP contribution in [0.25, 0.3) is 0 Å². The molecule has 0 bridgehead atoms. The second-order valence-corrected chi connectivity index (χ2v) is 4.98. The topological polar surface area (TPSA) is 41.5 Å². The van der Waals surface area contributed by atoms with Crippen LogP contribution in [0.1, 0.15) is 37.9 Å². The van der Waals surface area contributed by atoms with Gasteiger partial charge in [-0.3, -0.25) is 0 Å². The Morgan fingerprint density at radius 2 is 2.00 bits per heavy atom. The largest absolute Gasteiger partial charge is 0.389 e. The number of halogens is 1. The van der Waals surface area contributed by atoms with E-state index < -0.39 is 6.10 Å². The van der Waals surface area contributed by atoms with Crippen LogP contribution < -0.4 is 5.32 Å². The van der Waals surface area contributed by atoms with E-state index in [-0.39, 0.29) is 18.5 Å². The van der Waals surface area contributed by atoms with Gasteiger partial charge in [0.2, 0.25) is 0 Å². The number of nitrogens with one attached hydrogen (secondary N) is 1. The van der Waals surface area contributed by atoms with Crippen LogP contribution in [0, 0.1) is 0 Å². The van der Waals surface area contributed by atoms with E-state index in [2.05, 4.69) is 24.4 Å². The van der Waals surface area contributed by atoms with Crippen molar-refractivity contribution in [1.82, 2.24) is 5.32 Å². The smallest absolute Gasteiger partial charge is 0.0898 e. The van der Waals surface area contributed by atoms with Crippen molar-refractivity contribution in [2.75, 3.05) is 13.2 Å². The van der Waals surface area contributed by atoms with E-state index in [0.717, 1.165) is 6.42 Å². The fourth-order valence-corrected chi connectivity index (χ4v) is 1.99. The Labute approximate surface area is 121 Å². The molecule has 2 atom stereocenters. The summed E-state index contributed by atoms with van der Waals surface area (Å²) < 4.78 is 5.80. The lowest BCUT2D eigenvalue weighted by molar-refractivity contribution is -0.0114. The van der Waals surface area contributed by atoms with Gasteiger partial charge in [0.25, 0.3) is 0 Å². The van der Waals surface area contributed by atoms with Gasteiger partial charge >= 0.3 is 0 Å². The molecule has 2 unspecified atom stereocenters. The van der Waals surface area contributed by atoms with Crippen LogP contribution in [0.2, 0.25) is 0 Å². The summed E-state index contributed by atoms with van der Waals surface area (Å²) in [6.07, 6.45) is 3.09. The number of rotatable bonds is 8. The Hall–Kier alpha value is -0.610. The van der Waals surface area contributed by atoms with E-state index in [4.69, 9.17) is 4.74 Å². The number of aliphatic hydroxyl groups is 1. The van der Waals surface area contributed by atoms with E-state index in [9.17, 15) is 5.11 Å². The summed E-state index contributed by atoms with van der Waals surface area (Å²) in [7, 11) is 0. The first kappa shape index (κ1) is 16.4. The van der Waals surface area contributed by atoms with Crippen LogP contribution in [0.5, 0.6) is 0 Å². The van der Waals surface area contributed by atoms with Gasteiger partial charge in [-0.25, -0.2) is 0 Å². The molecule has 1 aliphatic rings. The molecular weight excluding hydrogens is 262 g/mol. The second kappa shape index (κ2) is 8.54. The van der Waals surface area contributed by atoms with Gasteiger partial charge in [-0.05, 0) is 24.8 Å². The normalized spacial score (nSPS) is 17.6. The van der Waals surface area contributed by atoms with E-state index in [1.807, 2.05) is 18.2 Å². The van der Waals surface area contributed by atoms with Gasteiger partial charge in [-0.2, -0.15) is 0 Å². The average Bonchev–Trinajstić information content (AvgIpc) is 3.22. The maximum Gasteiger partial charge on any atom is 0.0898 e. The molecule has 0 heterocycles. The summed E-state index contributed by atoms with van der Waals surface area (Å²) in [5.41, 5.74) is 1.18. The zero-order valence-electron chi connectivity index (χ0n) is 11.4. The van der Waals surface area contributed by atoms with Gasteiger partial charge in [0.05, 0.1) is 18.8 Å². The summed E-state index contributed by atoms with van der Waals surface area (Å²) in [5.74, 6) is 0. The first-order chi connectivity index (χ1) is 8.79. The molecule has 1 fully saturated rings. The van der Waals surface area contributed by atoms with Crippen molar-refractivity contribution in [2.45, 2.75) is 44.4 Å². The summed E-state index contributed by atoms with van der Waals surface area (Å²) in [6.45, 7) is 3.13. The molecule has 19 heavy (non-hydrogen) atoms. The third-order valence-electron chi connectivity index (χ3n) is 3.25. The molecule has 1 aromatic carbocycles. The molecule has 1 aromatic rings. The van der Waals surface area contributed by atoms with E-state index >= 15 is 0 Å². The predicted molar refractivity (Wildman–Crippen MR) is 79.7 cm³/mol. The molecule has 4 heteroatoms. The molecule has 0 aliphatic heterocycles. The van der Waals surface area contributed by atoms with Crippen molar-refractivity contribution >= 4 is 12.4 Å². The highest BCUT2D eigenvalue weighted by molar-refractivity contribution is 5.85. The molecule has 0 radical (unpaired) electrons. The quantitative estimate of drug-likeness (QED) is 0.772. The summed E-state index contributed by atoms with van der Waals surface area (Å²) in [6, 6.07) is 10.8. The molecule has 0 spiro atoms. The fraction of sp³-hybridized carbons (Fsp3) is 0.600. The van der Waals surface area contributed by atoms with Crippen molar-refractivity contribution in [1.29, 1.82) is 0 Å². The lowest BCUT2D eigenvalue weighted by Gasteiger charge is -2.19. The average molecular weight is 286 g/mol. The van der Waals surface area contributed by atoms with Crippen LogP contribution in [0.3, 0.4) is 0 Å². The molecule has 1 aliphatic carbocycles. The Balaban J connectivity index is 0.00000180. The summed E-state index contributed by atoms with van der Waals surface area (Å²) >= 11 is 0. The number of ether oxygens (including phenoxy) is 1. The number of benzene rings is 1. The van der Waals surface area contributed by atoms with E-state index in [0.29, 0.717) is 19.2 Å². The molecular formula is C15H24ClNO2. The maximum absolute atomic E-state index is 9.83. The van der Waals surface area contributed by atoms with Crippen LogP contribution in [0.4, 0.5) is 0 Å². The first-order valence-corrected chi connectivity index (χ1v) is 6.87. The van der Waals surface area contributed by atoms with Gasteiger partial charge in [0.15, 0.2) is 0 Å². The molecule has 0 saturated heterocycles. The van der Waals surface area contributed by atoms with Crippen LogP contribution in [0.15, 0.2) is 30.3 Å². The highest BCUT2D eigenvalue weighted by atomic mass is 35.5. The number of aliphatic hydroxyl groups excluding tert-OH is 1. The first-order valence-electron chi connectivity index (χ1n) is 6.87. The molecule has 1 saturated carbocycles. The zero-order valence-corrected chi connectivity index (χ0v) is 12.2. The van der Waals surface area contributed by atoms with Crippen LogP contribution >= 0.6 is 12.4 Å². The molecule has 0 aromatic heterocycles. The zero-order chi connectivity index (χ0) is 12.8. The van der Waals surface area contributed by atoms with Crippen molar-refractivity contribution in [3.05, 3.63) is 35.9 Å². The minimum atomic E-state index is -0.414. The Kier molecular flexibility index (Phi) is 7.39. The predicted octanol–water partition coefficient (Wildman–Crippen LogP) is 2.69. The highest BCUT2D eigenvalue weighted by Crippen LogP contribution is 2.21. The lowest BCUT2D eigenvalue weighted by atomic mass is 10.1. The molecule has 108 valence electrons. The molecule has 2 rings (SSSR count). The fourth-order valence-electron chi connectivity index (χ4n) is 1.99. The van der Waals surface area contributed by atoms with Crippen molar-refractivity contribution in [3.8, 4) is 0 Å². The monoisotopic (exact) mass is 285 g/mol. The Morgan fingerprint density at radius 1 is 1.32 bits per heavy atom. The molecule has 3 nitrogen and oxygen atoms in total. The molecule has 2 N–H and O–H groups in total. The Morgan fingerprint density at radius 3 is 2.58 bits per heavy atom. The van der Waals surface area contributed by atoms with E-state index in [1.54, 1.807) is 0 Å². The van der Waals surface area contributed by atoms with Gasteiger partial charge in [-0.15, -0.1) is 12.4 Å². The lowest BCUT2D eigenvalue weighted by Crippen LogP contribution is -2.32. The standard InChI is InChI=1S/C15H23NO2.ClH/c1-2-15(12-6-4-3-5-7-12)18-11-14(17)10-16-13-8-9-13;/h3-7,13-17H,2,8-11H2,1H3;1H. The van der Waals surface area contributed by atoms with Gasteiger partial charge < -0.3 is 15.2 Å². The SMILES string of the molecule is CCC(OCC(O)CNC1CC1)c1ccccc1.Cl.